The van der Waals surface area contributed by atoms with Crippen LogP contribution in [-0.2, 0) is 14.2 Å². The van der Waals surface area contributed by atoms with Gasteiger partial charge in [0.2, 0.25) is 0 Å². The summed E-state index contributed by atoms with van der Waals surface area (Å²) >= 11 is 0. The minimum Gasteiger partial charge on any atom is -0.373 e. The van der Waals surface area contributed by atoms with Crippen LogP contribution in [-0.4, -0.2) is 42.6 Å². The number of hydrogen-bond donors (Lipinski definition) is 0. The van der Waals surface area contributed by atoms with Crippen LogP contribution in [0.2, 0.25) is 0 Å². The van der Waals surface area contributed by atoms with Crippen molar-refractivity contribution < 1.29 is 14.2 Å². The standard InChI is InChI=1S/C11H26O3Si/c1-9(2,3)8-10(4,12-5)11(15,13-6)14-7/h8H2,1-7,15H3. The maximum atomic E-state index is 5.65. The topological polar surface area (TPSA) is 27.7 Å². The van der Waals surface area contributed by atoms with Gasteiger partial charge in [-0.1, -0.05) is 20.8 Å². The average Bonchev–Trinajstić information content (AvgIpc) is 2.13. The van der Waals surface area contributed by atoms with Gasteiger partial charge in [-0.2, -0.15) is 0 Å². The first-order valence-corrected chi connectivity index (χ1v) is 6.29. The molecule has 0 aromatic rings. The minimum atomic E-state index is -0.588. The van der Waals surface area contributed by atoms with Crippen LogP contribution < -0.4 is 0 Å². The van der Waals surface area contributed by atoms with Gasteiger partial charge in [-0.25, -0.2) is 0 Å². The van der Waals surface area contributed by atoms with E-state index in [2.05, 4.69) is 27.7 Å². The molecule has 0 rings (SSSR count). The SMILES string of the molecule is COC(C)(CC(C)(C)C)C([SiH3])(OC)OC. The average molecular weight is 234 g/mol. The maximum Gasteiger partial charge on any atom is 0.168 e. The molecular formula is C11H26O3Si. The molecule has 0 aromatic heterocycles. The Morgan fingerprint density at radius 1 is 0.867 bits per heavy atom. The van der Waals surface area contributed by atoms with Crippen molar-refractivity contribution in [2.75, 3.05) is 21.3 Å². The van der Waals surface area contributed by atoms with Crippen LogP contribution in [0.1, 0.15) is 34.1 Å². The zero-order valence-electron chi connectivity index (χ0n) is 11.4. The molecule has 3 nitrogen and oxygen atoms in total. The molecule has 15 heavy (non-hydrogen) atoms. The van der Waals surface area contributed by atoms with Crippen molar-refractivity contribution in [2.24, 2.45) is 5.41 Å². The molecule has 0 spiro atoms. The van der Waals surface area contributed by atoms with E-state index in [1.54, 1.807) is 21.3 Å². The highest BCUT2D eigenvalue weighted by Crippen LogP contribution is 2.37. The molecule has 0 bridgehead atoms. The van der Waals surface area contributed by atoms with Gasteiger partial charge in [0.25, 0.3) is 0 Å². The van der Waals surface area contributed by atoms with Crippen molar-refractivity contribution >= 4 is 10.2 Å². The predicted molar refractivity (Wildman–Crippen MR) is 66.2 cm³/mol. The fourth-order valence-electron chi connectivity index (χ4n) is 1.95. The number of methoxy groups -OCH3 is 3. The summed E-state index contributed by atoms with van der Waals surface area (Å²) < 4.78 is 16.7. The summed E-state index contributed by atoms with van der Waals surface area (Å²) in [5.41, 5.74) is -0.812. The van der Waals surface area contributed by atoms with E-state index in [-0.39, 0.29) is 5.41 Å². The summed E-state index contributed by atoms with van der Waals surface area (Å²) in [6, 6.07) is 0. The lowest BCUT2D eigenvalue weighted by atomic mass is 9.82. The zero-order chi connectivity index (χ0) is 12.3. The van der Waals surface area contributed by atoms with E-state index in [1.807, 2.05) is 0 Å². The Kier molecular flexibility index (Phi) is 4.98. The van der Waals surface area contributed by atoms with Gasteiger partial charge >= 0.3 is 0 Å². The van der Waals surface area contributed by atoms with Crippen molar-refractivity contribution in [3.05, 3.63) is 0 Å². The second-order valence-electron chi connectivity index (χ2n) is 5.53. The van der Waals surface area contributed by atoms with Crippen molar-refractivity contribution in [1.82, 2.24) is 0 Å². The molecule has 0 aromatic carbocycles. The second kappa shape index (κ2) is 4.95. The molecule has 0 saturated carbocycles. The summed E-state index contributed by atoms with van der Waals surface area (Å²) in [7, 11) is 5.83. The summed E-state index contributed by atoms with van der Waals surface area (Å²) in [6.07, 6.45) is 0.891. The van der Waals surface area contributed by atoms with Crippen LogP contribution in [0, 0.1) is 5.41 Å². The molecule has 1 atom stereocenters. The smallest absolute Gasteiger partial charge is 0.168 e. The van der Waals surface area contributed by atoms with Crippen LogP contribution in [0.15, 0.2) is 0 Å². The first kappa shape index (κ1) is 15.1. The third-order valence-electron chi connectivity index (χ3n) is 3.06. The van der Waals surface area contributed by atoms with E-state index in [1.165, 1.54) is 0 Å². The van der Waals surface area contributed by atoms with Crippen LogP contribution in [0.25, 0.3) is 0 Å². The Morgan fingerprint density at radius 3 is 1.47 bits per heavy atom. The van der Waals surface area contributed by atoms with Gasteiger partial charge in [-0.05, 0) is 18.8 Å². The number of rotatable bonds is 5. The van der Waals surface area contributed by atoms with Gasteiger partial charge in [0, 0.05) is 21.3 Å². The predicted octanol–water partition coefficient (Wildman–Crippen LogP) is 1.14. The largest absolute Gasteiger partial charge is 0.373 e. The molecular weight excluding hydrogens is 208 g/mol. The van der Waals surface area contributed by atoms with E-state index in [0.717, 1.165) is 16.7 Å². The minimum absolute atomic E-state index is 0.178. The normalized spacial score (nSPS) is 17.8. The van der Waals surface area contributed by atoms with Crippen molar-refractivity contribution in [2.45, 2.75) is 45.1 Å². The van der Waals surface area contributed by atoms with Crippen molar-refractivity contribution in [3.63, 3.8) is 0 Å². The highest BCUT2D eigenvalue weighted by atomic mass is 28.1. The Labute approximate surface area is 96.9 Å². The van der Waals surface area contributed by atoms with Gasteiger partial charge < -0.3 is 14.2 Å². The van der Waals surface area contributed by atoms with Crippen molar-refractivity contribution in [1.29, 1.82) is 0 Å². The maximum absolute atomic E-state index is 5.65. The van der Waals surface area contributed by atoms with E-state index in [4.69, 9.17) is 14.2 Å². The lowest BCUT2D eigenvalue weighted by Gasteiger charge is -2.46. The molecule has 0 aliphatic heterocycles. The van der Waals surface area contributed by atoms with Gasteiger partial charge in [0.05, 0.1) is 10.2 Å². The molecule has 4 heteroatoms. The third kappa shape index (κ3) is 3.55. The highest BCUT2D eigenvalue weighted by Gasteiger charge is 2.47. The van der Waals surface area contributed by atoms with Crippen LogP contribution in [0.4, 0.5) is 0 Å². The van der Waals surface area contributed by atoms with Crippen molar-refractivity contribution in [3.8, 4) is 0 Å². The third-order valence-corrected chi connectivity index (χ3v) is 4.93. The fourth-order valence-corrected chi connectivity index (χ4v) is 2.33. The number of ether oxygens (including phenoxy) is 3. The van der Waals surface area contributed by atoms with E-state index >= 15 is 0 Å². The number of hydrogen-bond acceptors (Lipinski definition) is 3. The highest BCUT2D eigenvalue weighted by molar-refractivity contribution is 6.14. The van der Waals surface area contributed by atoms with Gasteiger partial charge in [0.15, 0.2) is 5.41 Å². The Morgan fingerprint density at radius 2 is 1.27 bits per heavy atom. The summed E-state index contributed by atoms with van der Waals surface area (Å²) in [5.74, 6) is 0. The van der Waals surface area contributed by atoms with Crippen LogP contribution in [0.3, 0.4) is 0 Å². The molecule has 92 valence electrons. The zero-order valence-corrected chi connectivity index (χ0v) is 13.4. The molecule has 0 N–H and O–H groups in total. The van der Waals surface area contributed by atoms with E-state index in [0.29, 0.717) is 0 Å². The lowest BCUT2D eigenvalue weighted by molar-refractivity contribution is -0.259. The Hall–Kier alpha value is 0.0969. The van der Waals surface area contributed by atoms with Gasteiger partial charge in [-0.3, -0.25) is 0 Å². The van der Waals surface area contributed by atoms with Gasteiger partial charge in [-0.15, -0.1) is 0 Å². The summed E-state index contributed by atoms with van der Waals surface area (Å²) in [6.45, 7) is 8.63. The Balaban J connectivity index is 4.98. The lowest BCUT2D eigenvalue weighted by Crippen LogP contribution is -2.58. The first-order chi connectivity index (χ1) is 6.64. The van der Waals surface area contributed by atoms with E-state index < -0.39 is 11.0 Å². The van der Waals surface area contributed by atoms with Crippen LogP contribution >= 0.6 is 0 Å². The molecule has 0 fully saturated rings. The monoisotopic (exact) mass is 234 g/mol. The molecule has 1 unspecified atom stereocenters. The Bertz CT molecular complexity index is 196. The summed E-state index contributed by atoms with van der Waals surface area (Å²) in [5, 5.41) is 0. The first-order valence-electron chi connectivity index (χ1n) is 5.29. The van der Waals surface area contributed by atoms with Crippen LogP contribution in [0.5, 0.6) is 0 Å². The van der Waals surface area contributed by atoms with E-state index in [9.17, 15) is 0 Å². The fraction of sp³-hybridized carbons (Fsp3) is 1.00. The molecule has 0 saturated heterocycles. The molecule has 0 amide bonds. The van der Waals surface area contributed by atoms with Gasteiger partial charge in [0.1, 0.15) is 5.60 Å². The molecule has 0 aliphatic carbocycles. The molecule has 0 radical (unpaired) electrons. The molecule has 0 heterocycles. The summed E-state index contributed by atoms with van der Waals surface area (Å²) in [4.78, 5) is 0. The quantitative estimate of drug-likeness (QED) is 0.527. The molecule has 0 aliphatic rings. The second-order valence-corrected chi connectivity index (χ2v) is 6.84.